The summed E-state index contributed by atoms with van der Waals surface area (Å²) in [7, 11) is 0. The molecule has 28 heavy (non-hydrogen) atoms. The minimum absolute atomic E-state index is 0.0355. The summed E-state index contributed by atoms with van der Waals surface area (Å²) in [6.45, 7) is 1.80. The predicted molar refractivity (Wildman–Crippen MR) is 114 cm³/mol. The smallest absolute Gasteiger partial charge is 0.200 e. The van der Waals surface area contributed by atoms with E-state index in [1.54, 1.807) is 36.4 Å². The fraction of sp³-hybridized carbons (Fsp3) is 0.136. The highest BCUT2D eigenvalue weighted by atomic mass is 35.5. The molecule has 1 N–H and O–H groups in total. The van der Waals surface area contributed by atoms with E-state index in [0.717, 1.165) is 5.56 Å². The van der Waals surface area contributed by atoms with Gasteiger partial charge in [-0.3, -0.25) is 4.79 Å². The number of nitrogens with one attached hydrogen (secondary N) is 1. The highest BCUT2D eigenvalue weighted by molar-refractivity contribution is 6.42. The van der Waals surface area contributed by atoms with Gasteiger partial charge in [0.05, 0.1) is 20.8 Å². The molecule has 4 rings (SSSR count). The Morgan fingerprint density at radius 1 is 0.893 bits per heavy atom. The molecular formula is C22H17Cl2NO3. The van der Waals surface area contributed by atoms with Crippen molar-refractivity contribution in [1.82, 2.24) is 5.32 Å². The molecule has 0 unspecified atom stereocenters. The van der Waals surface area contributed by atoms with Gasteiger partial charge in [-0.05, 0) is 42.0 Å². The first-order valence-corrected chi connectivity index (χ1v) is 9.60. The first-order chi connectivity index (χ1) is 13.6. The second-order valence-electron chi connectivity index (χ2n) is 6.36. The lowest BCUT2D eigenvalue weighted by atomic mass is 10.1. The van der Waals surface area contributed by atoms with Crippen molar-refractivity contribution < 1.29 is 9.15 Å². The molecule has 6 heteroatoms. The molecule has 1 aromatic heterocycles. The van der Waals surface area contributed by atoms with Crippen LogP contribution in [0.4, 0.5) is 0 Å². The summed E-state index contributed by atoms with van der Waals surface area (Å²) in [4.78, 5) is 12.5. The van der Waals surface area contributed by atoms with E-state index < -0.39 is 0 Å². The molecular weight excluding hydrogens is 397 g/mol. The van der Waals surface area contributed by atoms with Crippen molar-refractivity contribution in [3.8, 4) is 5.75 Å². The summed E-state index contributed by atoms with van der Waals surface area (Å²) in [5.41, 5.74) is 2.10. The number of fused-ring (bicyclic) bond motifs is 2. The average Bonchev–Trinajstić information content (AvgIpc) is 2.70. The van der Waals surface area contributed by atoms with E-state index in [4.69, 9.17) is 32.4 Å². The van der Waals surface area contributed by atoms with Crippen molar-refractivity contribution in [3.63, 3.8) is 0 Å². The van der Waals surface area contributed by atoms with Gasteiger partial charge in [-0.25, -0.2) is 0 Å². The van der Waals surface area contributed by atoms with Crippen molar-refractivity contribution in [2.75, 3.05) is 13.2 Å². The molecule has 142 valence electrons. The molecule has 0 amide bonds. The van der Waals surface area contributed by atoms with E-state index in [9.17, 15) is 4.79 Å². The number of hydrogen-bond donors (Lipinski definition) is 1. The van der Waals surface area contributed by atoms with E-state index in [-0.39, 0.29) is 5.43 Å². The fourth-order valence-corrected chi connectivity index (χ4v) is 3.32. The topological polar surface area (TPSA) is 51.5 Å². The fourth-order valence-electron chi connectivity index (χ4n) is 2.99. The van der Waals surface area contributed by atoms with Gasteiger partial charge in [-0.1, -0.05) is 41.4 Å². The maximum atomic E-state index is 12.5. The monoisotopic (exact) mass is 413 g/mol. The molecule has 0 atom stereocenters. The molecule has 0 aliphatic heterocycles. The van der Waals surface area contributed by atoms with Crippen LogP contribution in [-0.4, -0.2) is 13.2 Å². The van der Waals surface area contributed by atoms with Crippen LogP contribution in [0.2, 0.25) is 10.0 Å². The molecule has 4 nitrogen and oxygen atoms in total. The van der Waals surface area contributed by atoms with Gasteiger partial charge in [0.15, 0.2) is 0 Å². The van der Waals surface area contributed by atoms with Crippen LogP contribution in [-0.2, 0) is 6.54 Å². The van der Waals surface area contributed by atoms with Crippen molar-refractivity contribution in [2.45, 2.75) is 6.54 Å². The molecule has 0 bridgehead atoms. The molecule has 0 spiro atoms. The van der Waals surface area contributed by atoms with Crippen LogP contribution in [0.3, 0.4) is 0 Å². The van der Waals surface area contributed by atoms with Gasteiger partial charge in [0.25, 0.3) is 0 Å². The van der Waals surface area contributed by atoms with Gasteiger partial charge >= 0.3 is 0 Å². The molecule has 0 aliphatic carbocycles. The molecule has 0 saturated heterocycles. The largest absolute Gasteiger partial charge is 0.492 e. The lowest BCUT2D eigenvalue weighted by Crippen LogP contribution is -2.20. The minimum Gasteiger partial charge on any atom is -0.492 e. The Balaban J connectivity index is 1.39. The molecule has 0 fully saturated rings. The zero-order valence-electron chi connectivity index (χ0n) is 14.9. The lowest BCUT2D eigenvalue weighted by Gasteiger charge is -2.09. The highest BCUT2D eigenvalue weighted by Crippen LogP contribution is 2.23. The molecule has 3 aromatic carbocycles. The first kappa shape index (κ1) is 18.8. The number of rotatable bonds is 6. The van der Waals surface area contributed by atoms with E-state index in [2.05, 4.69) is 5.32 Å². The Morgan fingerprint density at radius 2 is 1.71 bits per heavy atom. The average molecular weight is 414 g/mol. The van der Waals surface area contributed by atoms with Crippen LogP contribution in [0.25, 0.3) is 21.9 Å². The summed E-state index contributed by atoms with van der Waals surface area (Å²) in [6.07, 6.45) is 0. The molecule has 1 heterocycles. The van der Waals surface area contributed by atoms with E-state index in [0.29, 0.717) is 57.4 Å². The Bertz CT molecular complexity index is 1200. The van der Waals surface area contributed by atoms with Crippen LogP contribution in [0.15, 0.2) is 69.9 Å². The van der Waals surface area contributed by atoms with Gasteiger partial charge < -0.3 is 14.5 Å². The van der Waals surface area contributed by atoms with E-state index >= 15 is 0 Å². The Labute approximate surface area is 171 Å². The summed E-state index contributed by atoms with van der Waals surface area (Å²) in [6, 6.07) is 18.1. The zero-order chi connectivity index (χ0) is 19.5. The quantitative estimate of drug-likeness (QED) is 0.338. The second-order valence-corrected chi connectivity index (χ2v) is 7.17. The van der Waals surface area contributed by atoms with Gasteiger partial charge in [0.1, 0.15) is 23.5 Å². The maximum Gasteiger partial charge on any atom is 0.200 e. The van der Waals surface area contributed by atoms with Crippen LogP contribution in [0, 0.1) is 0 Å². The normalized spacial score (nSPS) is 11.2. The number of benzene rings is 3. The summed E-state index contributed by atoms with van der Waals surface area (Å²) >= 11 is 11.9. The maximum absolute atomic E-state index is 12.5. The summed E-state index contributed by atoms with van der Waals surface area (Å²) in [5, 5.41) is 5.50. The number of halogens is 2. The highest BCUT2D eigenvalue weighted by Gasteiger charge is 2.08. The van der Waals surface area contributed by atoms with E-state index in [1.807, 2.05) is 24.3 Å². The standard InChI is InChI=1S/C22H17Cl2NO3/c23-18-8-5-14(11-19(18)24)13-25-9-10-27-15-6-7-17-21(12-15)28-20-4-2-1-3-16(20)22(17)26/h1-8,11-12,25H,9-10,13H2. The molecule has 0 aliphatic rings. The van der Waals surface area contributed by atoms with Crippen molar-refractivity contribution in [1.29, 1.82) is 0 Å². The van der Waals surface area contributed by atoms with Crippen LogP contribution < -0.4 is 15.5 Å². The second kappa shape index (κ2) is 8.23. The van der Waals surface area contributed by atoms with E-state index in [1.165, 1.54) is 0 Å². The molecule has 0 radical (unpaired) electrons. The van der Waals surface area contributed by atoms with Crippen molar-refractivity contribution in [2.24, 2.45) is 0 Å². The van der Waals surface area contributed by atoms with Gasteiger partial charge in [-0.2, -0.15) is 0 Å². The van der Waals surface area contributed by atoms with Gasteiger partial charge in [-0.15, -0.1) is 0 Å². The number of para-hydroxylation sites is 1. The number of ether oxygens (including phenoxy) is 1. The lowest BCUT2D eigenvalue weighted by molar-refractivity contribution is 0.313. The Morgan fingerprint density at radius 3 is 2.57 bits per heavy atom. The summed E-state index contributed by atoms with van der Waals surface area (Å²) < 4.78 is 11.6. The molecule has 4 aromatic rings. The zero-order valence-corrected chi connectivity index (χ0v) is 16.4. The third-order valence-electron chi connectivity index (χ3n) is 4.41. The first-order valence-electron chi connectivity index (χ1n) is 8.85. The van der Waals surface area contributed by atoms with Crippen LogP contribution in [0.5, 0.6) is 5.75 Å². The third kappa shape index (κ3) is 3.99. The van der Waals surface area contributed by atoms with Crippen LogP contribution in [0.1, 0.15) is 5.56 Å². The third-order valence-corrected chi connectivity index (χ3v) is 5.15. The van der Waals surface area contributed by atoms with Crippen molar-refractivity contribution >= 4 is 45.1 Å². The molecule has 0 saturated carbocycles. The predicted octanol–water partition coefficient (Wildman–Crippen LogP) is 5.42. The van der Waals surface area contributed by atoms with Crippen molar-refractivity contribution in [3.05, 3.63) is 86.5 Å². The summed E-state index contributed by atoms with van der Waals surface area (Å²) in [5.74, 6) is 0.655. The Kier molecular flexibility index (Phi) is 5.53. The van der Waals surface area contributed by atoms with Gasteiger partial charge in [0.2, 0.25) is 5.43 Å². The number of hydrogen-bond acceptors (Lipinski definition) is 4. The minimum atomic E-state index is -0.0355. The van der Waals surface area contributed by atoms with Crippen LogP contribution >= 0.6 is 23.2 Å². The Hall–Kier alpha value is -2.53. The van der Waals surface area contributed by atoms with Gasteiger partial charge in [0, 0.05) is 19.2 Å². The SMILES string of the molecule is O=c1c2ccccc2oc2cc(OCCNCc3ccc(Cl)c(Cl)c3)ccc12.